The van der Waals surface area contributed by atoms with Gasteiger partial charge in [0.05, 0.1) is 11.4 Å². The fourth-order valence-electron chi connectivity index (χ4n) is 4.57. The minimum Gasteiger partial charge on any atom is -0.356 e. The Balaban J connectivity index is 1.72. The van der Waals surface area contributed by atoms with Gasteiger partial charge in [0.25, 0.3) is 0 Å². The zero-order valence-electron chi connectivity index (χ0n) is 19.1. The molecule has 3 heterocycles. The molecule has 164 valence electrons. The van der Waals surface area contributed by atoms with E-state index < -0.39 is 0 Å². The van der Waals surface area contributed by atoms with Crippen LogP contribution in [0, 0.1) is 26.7 Å². The summed E-state index contributed by atoms with van der Waals surface area (Å²) in [7, 11) is 0. The molecule has 4 rings (SSSR count). The molecule has 1 amide bonds. The van der Waals surface area contributed by atoms with E-state index in [1.807, 2.05) is 18.2 Å². The van der Waals surface area contributed by atoms with Crippen LogP contribution in [0.25, 0.3) is 11.4 Å². The topological polar surface area (TPSA) is 55.1 Å². The van der Waals surface area contributed by atoms with E-state index in [0.29, 0.717) is 0 Å². The van der Waals surface area contributed by atoms with Gasteiger partial charge in [0.15, 0.2) is 5.82 Å². The molecule has 1 aliphatic rings. The van der Waals surface area contributed by atoms with Gasteiger partial charge < -0.3 is 14.8 Å². The maximum absolute atomic E-state index is 12.5. The van der Waals surface area contributed by atoms with E-state index in [0.717, 1.165) is 61.8 Å². The number of hydrogen-bond donors (Lipinski definition) is 1. The van der Waals surface area contributed by atoms with E-state index in [9.17, 15) is 4.79 Å². The Hall–Kier alpha value is -3.02. The first-order valence-corrected chi connectivity index (χ1v) is 11.3. The smallest absolute Gasteiger partial charge is 0.223 e. The average molecular weight is 420 g/mol. The lowest BCUT2D eigenvalue weighted by Crippen LogP contribution is -2.41. The molecule has 0 aliphatic carbocycles. The van der Waals surface area contributed by atoms with Gasteiger partial charge in [-0.3, -0.25) is 4.79 Å². The Labute approximate surface area is 184 Å². The highest BCUT2D eigenvalue weighted by atomic mass is 16.1. The van der Waals surface area contributed by atoms with Gasteiger partial charge in [-0.15, -0.1) is 0 Å². The van der Waals surface area contributed by atoms with Crippen LogP contribution in [0.4, 0.5) is 5.82 Å². The van der Waals surface area contributed by atoms with E-state index in [4.69, 9.17) is 5.10 Å². The fraction of sp³-hybridized carbons (Fsp3) is 0.440. The molecule has 0 unspecified atom stereocenters. The highest BCUT2D eigenvalue weighted by Gasteiger charge is 2.30. The molecule has 6 heteroatoms. The van der Waals surface area contributed by atoms with Gasteiger partial charge >= 0.3 is 0 Å². The summed E-state index contributed by atoms with van der Waals surface area (Å²) in [6, 6.07) is 14.6. The maximum Gasteiger partial charge on any atom is 0.223 e. The van der Waals surface area contributed by atoms with Crippen molar-refractivity contribution in [1.82, 2.24) is 19.7 Å². The zero-order chi connectivity index (χ0) is 22.0. The number of hydrogen-bond acceptors (Lipinski definition) is 3. The van der Waals surface area contributed by atoms with E-state index in [-0.39, 0.29) is 11.8 Å². The number of aryl methyl sites for hydroxylation is 3. The molecule has 31 heavy (non-hydrogen) atoms. The number of aromatic nitrogens is 3. The van der Waals surface area contributed by atoms with E-state index in [2.05, 4.69) is 71.4 Å². The number of piperidine rings is 1. The predicted molar refractivity (Wildman–Crippen MR) is 125 cm³/mol. The standard InChI is InChI=1S/C25H33N5O/c1-5-15-26-24(31)21-13-16-28(17-14-21)25-23(29-18(2)11-12-19(29)3)20(4)27-30(25)22-9-7-6-8-10-22/h6-12,21H,5,13-17H2,1-4H3,(H,26,31). The van der Waals surface area contributed by atoms with Crippen molar-refractivity contribution < 1.29 is 4.79 Å². The number of anilines is 1. The second-order valence-corrected chi connectivity index (χ2v) is 8.51. The molecule has 0 spiro atoms. The molecule has 1 aromatic carbocycles. The fourth-order valence-corrected chi connectivity index (χ4v) is 4.57. The minimum absolute atomic E-state index is 0.0931. The molecule has 1 N–H and O–H groups in total. The van der Waals surface area contributed by atoms with Crippen LogP contribution in [-0.2, 0) is 4.79 Å². The van der Waals surface area contributed by atoms with Crippen molar-refractivity contribution in [2.75, 3.05) is 24.5 Å². The van der Waals surface area contributed by atoms with Gasteiger partial charge in [-0.1, -0.05) is 25.1 Å². The van der Waals surface area contributed by atoms with Gasteiger partial charge in [0.1, 0.15) is 5.69 Å². The maximum atomic E-state index is 12.5. The highest BCUT2D eigenvalue weighted by molar-refractivity contribution is 5.79. The van der Waals surface area contributed by atoms with Crippen molar-refractivity contribution in [2.45, 2.75) is 47.0 Å². The van der Waals surface area contributed by atoms with Crippen molar-refractivity contribution in [3.63, 3.8) is 0 Å². The largest absolute Gasteiger partial charge is 0.356 e. The Kier molecular flexibility index (Phi) is 6.16. The molecule has 2 aromatic heterocycles. The van der Waals surface area contributed by atoms with Crippen LogP contribution in [0.15, 0.2) is 42.5 Å². The molecular weight excluding hydrogens is 386 g/mol. The lowest BCUT2D eigenvalue weighted by atomic mass is 9.95. The third-order valence-electron chi connectivity index (χ3n) is 6.22. The second-order valence-electron chi connectivity index (χ2n) is 8.51. The quantitative estimate of drug-likeness (QED) is 0.647. The van der Waals surface area contributed by atoms with E-state index >= 15 is 0 Å². The number of rotatable bonds is 6. The van der Waals surface area contributed by atoms with Gasteiger partial charge in [0.2, 0.25) is 5.91 Å². The van der Waals surface area contributed by atoms with Crippen molar-refractivity contribution in [3.05, 3.63) is 59.5 Å². The molecule has 0 saturated carbocycles. The van der Waals surface area contributed by atoms with Crippen LogP contribution >= 0.6 is 0 Å². The van der Waals surface area contributed by atoms with Crippen LogP contribution in [0.1, 0.15) is 43.3 Å². The zero-order valence-corrected chi connectivity index (χ0v) is 19.1. The minimum atomic E-state index is 0.0931. The third-order valence-corrected chi connectivity index (χ3v) is 6.22. The number of carbonyl (C=O) groups is 1. The SMILES string of the molecule is CCCNC(=O)C1CCN(c2c(-n3c(C)ccc3C)c(C)nn2-c2ccccc2)CC1. The van der Waals surface area contributed by atoms with Gasteiger partial charge in [-0.25, -0.2) is 4.68 Å². The first-order valence-electron chi connectivity index (χ1n) is 11.3. The van der Waals surface area contributed by atoms with Crippen LogP contribution in [-0.4, -0.2) is 39.9 Å². The summed E-state index contributed by atoms with van der Waals surface area (Å²) in [4.78, 5) is 14.9. The van der Waals surface area contributed by atoms with Crippen molar-refractivity contribution >= 4 is 11.7 Å². The monoisotopic (exact) mass is 419 g/mol. The Morgan fingerprint density at radius 3 is 2.29 bits per heavy atom. The number of amides is 1. The summed E-state index contributed by atoms with van der Waals surface area (Å²) in [6.07, 6.45) is 2.69. The van der Waals surface area contributed by atoms with Gasteiger partial charge in [0, 0.05) is 36.9 Å². The first-order chi connectivity index (χ1) is 15.0. The van der Waals surface area contributed by atoms with Crippen molar-refractivity contribution in [3.8, 4) is 11.4 Å². The second kappa shape index (κ2) is 9.00. The summed E-state index contributed by atoms with van der Waals surface area (Å²) in [5, 5.41) is 8.03. The Morgan fingerprint density at radius 1 is 1.03 bits per heavy atom. The van der Waals surface area contributed by atoms with E-state index in [1.54, 1.807) is 0 Å². The lowest BCUT2D eigenvalue weighted by Gasteiger charge is -2.34. The molecule has 1 saturated heterocycles. The predicted octanol–water partition coefficient (Wildman–Crippen LogP) is 4.33. The molecule has 6 nitrogen and oxygen atoms in total. The Morgan fingerprint density at radius 2 is 1.68 bits per heavy atom. The average Bonchev–Trinajstić information content (AvgIpc) is 3.30. The molecule has 1 fully saturated rings. The lowest BCUT2D eigenvalue weighted by molar-refractivity contribution is -0.125. The first kappa shape index (κ1) is 21.2. The van der Waals surface area contributed by atoms with Crippen LogP contribution < -0.4 is 10.2 Å². The summed E-state index contributed by atoms with van der Waals surface area (Å²) in [6.45, 7) is 10.9. The third kappa shape index (κ3) is 4.11. The molecule has 1 aliphatic heterocycles. The summed E-state index contributed by atoms with van der Waals surface area (Å²) in [5.74, 6) is 1.40. The van der Waals surface area contributed by atoms with Gasteiger partial charge in [-0.05, 0) is 64.3 Å². The highest BCUT2D eigenvalue weighted by Crippen LogP contribution is 2.35. The van der Waals surface area contributed by atoms with E-state index in [1.165, 1.54) is 11.4 Å². The summed E-state index contributed by atoms with van der Waals surface area (Å²) in [5.41, 5.74) is 5.59. The summed E-state index contributed by atoms with van der Waals surface area (Å²) >= 11 is 0. The Bertz CT molecular complexity index is 1020. The van der Waals surface area contributed by atoms with Crippen molar-refractivity contribution in [2.24, 2.45) is 5.92 Å². The number of nitrogens with zero attached hydrogens (tertiary/aromatic N) is 4. The van der Waals surface area contributed by atoms with Crippen LogP contribution in [0.5, 0.6) is 0 Å². The van der Waals surface area contributed by atoms with Crippen molar-refractivity contribution in [1.29, 1.82) is 0 Å². The molecule has 0 radical (unpaired) electrons. The molecule has 0 bridgehead atoms. The number of benzene rings is 1. The normalized spacial score (nSPS) is 14.8. The van der Waals surface area contributed by atoms with Crippen LogP contribution in [0.3, 0.4) is 0 Å². The number of nitrogens with one attached hydrogen (secondary N) is 1. The summed E-state index contributed by atoms with van der Waals surface area (Å²) < 4.78 is 4.37. The number of carbonyl (C=O) groups excluding carboxylic acids is 1. The van der Waals surface area contributed by atoms with Gasteiger partial charge in [-0.2, -0.15) is 5.10 Å². The molecule has 3 aromatic rings. The molecular formula is C25H33N5O. The number of para-hydroxylation sites is 1. The molecule has 0 atom stereocenters. The van der Waals surface area contributed by atoms with Crippen LogP contribution in [0.2, 0.25) is 0 Å².